The number of alkyl halides is 5. The lowest BCUT2D eigenvalue weighted by molar-refractivity contribution is -0.170. The third-order valence-electron chi connectivity index (χ3n) is 3.22. The summed E-state index contributed by atoms with van der Waals surface area (Å²) in [6, 6.07) is 0. The molecular weight excluding hydrogens is 273 g/mol. The predicted molar refractivity (Wildman–Crippen MR) is 56.5 cm³/mol. The van der Waals surface area contributed by atoms with Crippen molar-refractivity contribution in [3.63, 3.8) is 0 Å². The van der Waals surface area contributed by atoms with Crippen molar-refractivity contribution in [3.05, 3.63) is 11.1 Å². The molecule has 1 aliphatic heterocycles. The van der Waals surface area contributed by atoms with Gasteiger partial charge in [0.1, 0.15) is 5.71 Å². The van der Waals surface area contributed by atoms with E-state index in [2.05, 4.69) is 4.99 Å². The van der Waals surface area contributed by atoms with E-state index < -0.39 is 41.2 Å². The van der Waals surface area contributed by atoms with Gasteiger partial charge in [0.25, 0.3) is 0 Å². The van der Waals surface area contributed by atoms with Gasteiger partial charge >= 0.3 is 6.18 Å². The number of hydrogen-bond donors (Lipinski definition) is 0. The van der Waals surface area contributed by atoms with Crippen LogP contribution in [0.4, 0.5) is 22.0 Å². The standard InChI is InChI=1S/C11H12F5NO2/c1-5-6(9(17-2)11(14,15)16)10(8(13)7(5)12)18-3-4-19-10/h7-8H,3-4H2,1-2H3/b17-9+/t7-,8-/m1/s1. The molecule has 0 aromatic carbocycles. The fourth-order valence-corrected chi connectivity index (χ4v) is 2.43. The molecular formula is C11H12F5NO2. The zero-order valence-corrected chi connectivity index (χ0v) is 10.2. The van der Waals surface area contributed by atoms with Crippen molar-refractivity contribution >= 4 is 5.71 Å². The summed E-state index contributed by atoms with van der Waals surface area (Å²) in [6.45, 7) is 0.890. The van der Waals surface area contributed by atoms with Crippen molar-refractivity contribution in [1.29, 1.82) is 0 Å². The van der Waals surface area contributed by atoms with Gasteiger partial charge in [-0.3, -0.25) is 4.99 Å². The maximum Gasteiger partial charge on any atom is 0.433 e. The Hall–Kier alpha value is -1.02. The van der Waals surface area contributed by atoms with Gasteiger partial charge in [0, 0.05) is 12.6 Å². The Morgan fingerprint density at radius 1 is 1.26 bits per heavy atom. The Morgan fingerprint density at radius 2 is 1.79 bits per heavy atom. The fourth-order valence-electron chi connectivity index (χ4n) is 2.43. The number of nitrogens with zero attached hydrogens (tertiary/aromatic N) is 1. The van der Waals surface area contributed by atoms with Crippen LogP contribution < -0.4 is 0 Å². The molecule has 1 saturated heterocycles. The molecule has 0 aromatic heterocycles. The Morgan fingerprint density at radius 3 is 2.21 bits per heavy atom. The Labute approximate surface area is 106 Å². The first kappa shape index (κ1) is 14.4. The molecule has 0 amide bonds. The number of aliphatic imine (C=N–C) groups is 1. The molecule has 8 heteroatoms. The average Bonchev–Trinajstić information content (AvgIpc) is 2.86. The van der Waals surface area contributed by atoms with Crippen LogP contribution in [0.5, 0.6) is 0 Å². The first-order valence-electron chi connectivity index (χ1n) is 5.57. The number of ether oxygens (including phenoxy) is 2. The van der Waals surface area contributed by atoms with Crippen LogP contribution in [0.2, 0.25) is 0 Å². The largest absolute Gasteiger partial charge is 0.433 e. The van der Waals surface area contributed by atoms with Crippen molar-refractivity contribution < 1.29 is 31.4 Å². The van der Waals surface area contributed by atoms with E-state index in [1.54, 1.807) is 0 Å². The maximum absolute atomic E-state index is 14.0. The Kier molecular flexibility index (Phi) is 3.42. The highest BCUT2D eigenvalue weighted by Crippen LogP contribution is 2.47. The first-order valence-corrected chi connectivity index (χ1v) is 5.57. The van der Waals surface area contributed by atoms with E-state index in [4.69, 9.17) is 9.47 Å². The Balaban J connectivity index is 2.57. The van der Waals surface area contributed by atoms with Gasteiger partial charge in [0.2, 0.25) is 5.79 Å². The summed E-state index contributed by atoms with van der Waals surface area (Å²) in [5, 5.41) is 0. The summed E-state index contributed by atoms with van der Waals surface area (Å²) >= 11 is 0. The SMILES string of the molecule is C/N=C(\C1=C(C)[C@@H](F)[C@@H](F)C12OCCO2)C(F)(F)F. The van der Waals surface area contributed by atoms with Gasteiger partial charge in [0.15, 0.2) is 12.3 Å². The molecule has 108 valence electrons. The van der Waals surface area contributed by atoms with E-state index in [0.29, 0.717) is 0 Å². The number of allylic oxidation sites excluding steroid dienone is 1. The van der Waals surface area contributed by atoms with Gasteiger partial charge in [-0.1, -0.05) is 0 Å². The summed E-state index contributed by atoms with van der Waals surface area (Å²) in [6.07, 6.45) is -9.37. The smallest absolute Gasteiger partial charge is 0.341 e. The molecule has 0 saturated carbocycles. The van der Waals surface area contributed by atoms with Gasteiger partial charge in [-0.2, -0.15) is 13.2 Å². The zero-order chi connectivity index (χ0) is 14.4. The highest BCUT2D eigenvalue weighted by atomic mass is 19.4. The monoisotopic (exact) mass is 285 g/mol. The highest BCUT2D eigenvalue weighted by molar-refractivity contribution is 6.07. The molecule has 0 aromatic rings. The lowest BCUT2D eigenvalue weighted by Gasteiger charge is -2.29. The number of halogens is 5. The molecule has 1 aliphatic carbocycles. The minimum absolute atomic E-state index is 0.0984. The van der Waals surface area contributed by atoms with Gasteiger partial charge in [-0.05, 0) is 12.5 Å². The second-order valence-electron chi connectivity index (χ2n) is 4.30. The molecule has 1 fully saturated rings. The van der Waals surface area contributed by atoms with Crippen LogP contribution in [0.15, 0.2) is 16.1 Å². The lowest BCUT2D eigenvalue weighted by atomic mass is 10.0. The van der Waals surface area contributed by atoms with Crippen LogP contribution in [-0.2, 0) is 9.47 Å². The van der Waals surface area contributed by atoms with Crippen LogP contribution in [0.1, 0.15) is 6.92 Å². The second kappa shape index (κ2) is 4.52. The Bertz CT molecular complexity index is 437. The van der Waals surface area contributed by atoms with Crippen molar-refractivity contribution in [2.24, 2.45) is 4.99 Å². The number of rotatable bonds is 1. The van der Waals surface area contributed by atoms with Crippen LogP contribution >= 0.6 is 0 Å². The van der Waals surface area contributed by atoms with Crippen molar-refractivity contribution in [2.45, 2.75) is 31.2 Å². The molecule has 0 bridgehead atoms. The topological polar surface area (TPSA) is 30.8 Å². The van der Waals surface area contributed by atoms with E-state index in [1.165, 1.54) is 0 Å². The van der Waals surface area contributed by atoms with Crippen molar-refractivity contribution in [1.82, 2.24) is 0 Å². The van der Waals surface area contributed by atoms with Crippen LogP contribution in [0, 0.1) is 0 Å². The number of hydrogen-bond acceptors (Lipinski definition) is 3. The summed E-state index contributed by atoms with van der Waals surface area (Å²) in [5.74, 6) is -2.33. The summed E-state index contributed by atoms with van der Waals surface area (Å²) in [5.41, 5.74) is -2.44. The average molecular weight is 285 g/mol. The molecule has 0 unspecified atom stereocenters. The van der Waals surface area contributed by atoms with Gasteiger partial charge in [0.05, 0.1) is 13.2 Å². The highest BCUT2D eigenvalue weighted by Gasteiger charge is 2.62. The van der Waals surface area contributed by atoms with E-state index in [0.717, 1.165) is 14.0 Å². The lowest BCUT2D eigenvalue weighted by Crippen LogP contribution is -2.46. The van der Waals surface area contributed by atoms with Crippen LogP contribution in [0.25, 0.3) is 0 Å². The minimum Gasteiger partial charge on any atom is -0.341 e. The molecule has 0 N–H and O–H groups in total. The van der Waals surface area contributed by atoms with Crippen molar-refractivity contribution in [3.8, 4) is 0 Å². The fraction of sp³-hybridized carbons (Fsp3) is 0.727. The summed E-state index contributed by atoms with van der Waals surface area (Å²) in [7, 11) is 0.907. The van der Waals surface area contributed by atoms with Crippen molar-refractivity contribution in [2.75, 3.05) is 20.3 Å². The van der Waals surface area contributed by atoms with Crippen LogP contribution in [0.3, 0.4) is 0 Å². The molecule has 2 rings (SSSR count). The molecule has 3 nitrogen and oxygen atoms in total. The van der Waals surface area contributed by atoms with E-state index >= 15 is 0 Å². The third-order valence-corrected chi connectivity index (χ3v) is 3.22. The van der Waals surface area contributed by atoms with Crippen LogP contribution in [-0.4, -0.2) is 50.3 Å². The molecule has 2 aliphatic rings. The third kappa shape index (κ3) is 1.97. The molecule has 1 heterocycles. The van der Waals surface area contributed by atoms with E-state index in [1.807, 2.05) is 0 Å². The second-order valence-corrected chi connectivity index (χ2v) is 4.30. The zero-order valence-electron chi connectivity index (χ0n) is 10.2. The molecule has 2 atom stereocenters. The molecule has 0 radical (unpaired) electrons. The van der Waals surface area contributed by atoms with Gasteiger partial charge < -0.3 is 9.47 Å². The normalized spacial score (nSPS) is 31.6. The van der Waals surface area contributed by atoms with Gasteiger partial charge in [-0.15, -0.1) is 0 Å². The predicted octanol–water partition coefficient (Wildman–Crippen LogP) is 2.37. The van der Waals surface area contributed by atoms with E-state index in [9.17, 15) is 22.0 Å². The van der Waals surface area contributed by atoms with Gasteiger partial charge in [-0.25, -0.2) is 8.78 Å². The maximum atomic E-state index is 14.0. The molecule has 1 spiro atoms. The minimum atomic E-state index is -4.84. The summed E-state index contributed by atoms with van der Waals surface area (Å²) < 4.78 is 76.4. The van der Waals surface area contributed by atoms with E-state index in [-0.39, 0.29) is 13.2 Å². The summed E-state index contributed by atoms with van der Waals surface area (Å²) in [4.78, 5) is 3.12. The first-order chi connectivity index (χ1) is 8.75. The quantitative estimate of drug-likeness (QED) is 0.547. The molecule has 19 heavy (non-hydrogen) atoms.